The summed E-state index contributed by atoms with van der Waals surface area (Å²) in [6.45, 7) is 2.09. The number of benzene rings is 2. The third-order valence-electron chi connectivity index (χ3n) is 4.95. The quantitative estimate of drug-likeness (QED) is 0.706. The van der Waals surface area contributed by atoms with E-state index >= 15 is 0 Å². The van der Waals surface area contributed by atoms with E-state index in [4.69, 9.17) is 0 Å². The number of hydrogen-bond donors (Lipinski definition) is 0. The smallest absolute Gasteiger partial charge is 0.254 e. The molecule has 1 aliphatic rings. The first-order valence-electron chi connectivity index (χ1n) is 9.42. The summed E-state index contributed by atoms with van der Waals surface area (Å²) in [5, 5.41) is 4.21. The van der Waals surface area contributed by atoms with Crippen LogP contribution in [0.4, 0.5) is 0 Å². The van der Waals surface area contributed by atoms with Crippen LogP contribution >= 0.6 is 0 Å². The average Bonchev–Trinajstić information content (AvgIpc) is 3.22. The maximum atomic E-state index is 13.0. The lowest BCUT2D eigenvalue weighted by atomic mass is 10.1. The summed E-state index contributed by atoms with van der Waals surface area (Å²) in [5.41, 5.74) is 2.55. The second-order valence-corrected chi connectivity index (χ2v) is 6.84. The van der Waals surface area contributed by atoms with E-state index in [1.54, 1.807) is 15.8 Å². The third-order valence-corrected chi connectivity index (χ3v) is 4.95. The molecule has 28 heavy (non-hydrogen) atoms. The predicted molar refractivity (Wildman–Crippen MR) is 106 cm³/mol. The Morgan fingerprint density at radius 3 is 2.61 bits per heavy atom. The monoisotopic (exact) mass is 374 g/mol. The van der Waals surface area contributed by atoms with E-state index in [9.17, 15) is 9.59 Å². The van der Waals surface area contributed by atoms with Gasteiger partial charge in [0.05, 0.1) is 5.69 Å². The number of amides is 2. The Balaban J connectivity index is 1.46. The van der Waals surface area contributed by atoms with Crippen molar-refractivity contribution in [3.05, 3.63) is 84.2 Å². The lowest BCUT2D eigenvalue weighted by Gasteiger charge is -2.22. The zero-order valence-electron chi connectivity index (χ0n) is 15.6. The molecular weight excluding hydrogens is 352 g/mol. The SMILES string of the molecule is O=C1CCN(C(=O)c2cccc(-n3cccn3)c2)CCN1Cc1ccccc1. The first-order chi connectivity index (χ1) is 13.7. The Kier molecular flexibility index (Phi) is 5.19. The highest BCUT2D eigenvalue weighted by Gasteiger charge is 2.24. The Bertz CT molecular complexity index is 954. The van der Waals surface area contributed by atoms with Gasteiger partial charge in [-0.15, -0.1) is 0 Å². The van der Waals surface area contributed by atoms with Gasteiger partial charge in [-0.1, -0.05) is 36.4 Å². The molecule has 0 radical (unpaired) electrons. The van der Waals surface area contributed by atoms with Crippen LogP contribution in [0.2, 0.25) is 0 Å². The van der Waals surface area contributed by atoms with Gasteiger partial charge in [0, 0.05) is 50.6 Å². The second kappa shape index (κ2) is 8.08. The minimum Gasteiger partial charge on any atom is -0.337 e. The van der Waals surface area contributed by atoms with E-state index in [2.05, 4.69) is 5.10 Å². The van der Waals surface area contributed by atoms with Gasteiger partial charge in [-0.25, -0.2) is 4.68 Å². The first kappa shape index (κ1) is 18.0. The Morgan fingerprint density at radius 1 is 0.964 bits per heavy atom. The zero-order valence-corrected chi connectivity index (χ0v) is 15.6. The molecule has 0 saturated carbocycles. The minimum absolute atomic E-state index is 0.0524. The van der Waals surface area contributed by atoms with Crippen molar-refractivity contribution < 1.29 is 9.59 Å². The number of aromatic nitrogens is 2. The average molecular weight is 374 g/mol. The van der Waals surface area contributed by atoms with Crippen LogP contribution in [0.1, 0.15) is 22.3 Å². The molecule has 0 aliphatic carbocycles. The van der Waals surface area contributed by atoms with Crippen molar-refractivity contribution in [1.82, 2.24) is 19.6 Å². The summed E-state index contributed by atoms with van der Waals surface area (Å²) in [7, 11) is 0. The van der Waals surface area contributed by atoms with E-state index in [0.29, 0.717) is 38.2 Å². The molecule has 2 heterocycles. The van der Waals surface area contributed by atoms with Crippen LogP contribution in [-0.4, -0.2) is 51.0 Å². The highest BCUT2D eigenvalue weighted by atomic mass is 16.2. The Morgan fingerprint density at radius 2 is 1.82 bits per heavy atom. The maximum absolute atomic E-state index is 13.0. The van der Waals surface area contributed by atoms with Crippen LogP contribution in [0.3, 0.4) is 0 Å². The molecule has 1 saturated heterocycles. The molecule has 6 nitrogen and oxygen atoms in total. The lowest BCUT2D eigenvalue weighted by Crippen LogP contribution is -2.35. The van der Waals surface area contributed by atoms with Crippen LogP contribution < -0.4 is 0 Å². The van der Waals surface area contributed by atoms with Crippen molar-refractivity contribution in [3.8, 4) is 5.69 Å². The van der Waals surface area contributed by atoms with Gasteiger partial charge in [0.2, 0.25) is 5.91 Å². The van der Waals surface area contributed by atoms with Crippen molar-refractivity contribution in [1.29, 1.82) is 0 Å². The molecule has 0 N–H and O–H groups in total. The van der Waals surface area contributed by atoms with Crippen LogP contribution in [0.5, 0.6) is 0 Å². The van der Waals surface area contributed by atoms with E-state index in [0.717, 1.165) is 11.3 Å². The van der Waals surface area contributed by atoms with Crippen molar-refractivity contribution in [2.45, 2.75) is 13.0 Å². The summed E-state index contributed by atoms with van der Waals surface area (Å²) in [6, 6.07) is 19.2. The van der Waals surface area contributed by atoms with E-state index in [1.807, 2.05) is 71.8 Å². The van der Waals surface area contributed by atoms with Crippen LogP contribution in [0, 0.1) is 0 Å². The molecule has 142 valence electrons. The number of nitrogens with zero attached hydrogens (tertiary/aromatic N) is 4. The molecule has 2 amide bonds. The standard InChI is InChI=1S/C22H22N4O2/c27-21-10-13-24(14-15-25(21)17-18-6-2-1-3-7-18)22(28)19-8-4-9-20(16-19)26-12-5-11-23-26/h1-9,11-12,16H,10,13-15,17H2. The van der Waals surface area contributed by atoms with Gasteiger partial charge in [-0.05, 0) is 29.8 Å². The fraction of sp³-hybridized carbons (Fsp3) is 0.227. The van der Waals surface area contributed by atoms with Crippen LogP contribution in [0.25, 0.3) is 5.69 Å². The first-order valence-corrected chi connectivity index (χ1v) is 9.42. The molecule has 4 rings (SSSR count). The molecule has 0 bridgehead atoms. The number of rotatable bonds is 4. The molecule has 0 atom stereocenters. The molecule has 1 aliphatic heterocycles. The van der Waals surface area contributed by atoms with Gasteiger partial charge in [-0.2, -0.15) is 5.10 Å². The third kappa shape index (κ3) is 3.96. The van der Waals surface area contributed by atoms with Gasteiger partial charge >= 0.3 is 0 Å². The lowest BCUT2D eigenvalue weighted by molar-refractivity contribution is -0.130. The van der Waals surface area contributed by atoms with Gasteiger partial charge in [0.25, 0.3) is 5.91 Å². The molecule has 1 fully saturated rings. The van der Waals surface area contributed by atoms with E-state index in [-0.39, 0.29) is 11.8 Å². The van der Waals surface area contributed by atoms with Crippen molar-refractivity contribution in [3.63, 3.8) is 0 Å². The van der Waals surface area contributed by atoms with Gasteiger partial charge in [0.15, 0.2) is 0 Å². The van der Waals surface area contributed by atoms with Crippen LogP contribution in [0.15, 0.2) is 73.1 Å². The van der Waals surface area contributed by atoms with Gasteiger partial charge in [0.1, 0.15) is 0 Å². The molecule has 0 unspecified atom stereocenters. The Labute approximate surface area is 164 Å². The summed E-state index contributed by atoms with van der Waals surface area (Å²) < 4.78 is 1.73. The van der Waals surface area contributed by atoms with Crippen LogP contribution in [-0.2, 0) is 11.3 Å². The number of carbonyl (C=O) groups is 2. The highest BCUT2D eigenvalue weighted by Crippen LogP contribution is 2.15. The molecule has 2 aromatic carbocycles. The fourth-order valence-electron chi connectivity index (χ4n) is 3.43. The van der Waals surface area contributed by atoms with Gasteiger partial charge < -0.3 is 9.80 Å². The second-order valence-electron chi connectivity index (χ2n) is 6.84. The minimum atomic E-state index is -0.0524. The normalized spacial score (nSPS) is 14.8. The molecule has 6 heteroatoms. The predicted octanol–water partition coefficient (Wildman–Crippen LogP) is 2.75. The van der Waals surface area contributed by atoms with E-state index < -0.39 is 0 Å². The molecule has 1 aromatic heterocycles. The molecular formula is C22H22N4O2. The van der Waals surface area contributed by atoms with Crippen molar-refractivity contribution in [2.75, 3.05) is 19.6 Å². The molecule has 0 spiro atoms. The summed E-state index contributed by atoms with van der Waals surface area (Å²) in [5.74, 6) is 0.0350. The Hall–Kier alpha value is -3.41. The van der Waals surface area contributed by atoms with E-state index in [1.165, 1.54) is 0 Å². The fourth-order valence-corrected chi connectivity index (χ4v) is 3.43. The summed E-state index contributed by atoms with van der Waals surface area (Å²) >= 11 is 0. The number of hydrogen-bond acceptors (Lipinski definition) is 3. The van der Waals surface area contributed by atoms with Crippen molar-refractivity contribution >= 4 is 11.8 Å². The maximum Gasteiger partial charge on any atom is 0.254 e. The van der Waals surface area contributed by atoms with Gasteiger partial charge in [-0.3, -0.25) is 9.59 Å². The zero-order chi connectivity index (χ0) is 19.3. The molecule has 3 aromatic rings. The highest BCUT2D eigenvalue weighted by molar-refractivity contribution is 5.95. The summed E-state index contributed by atoms with van der Waals surface area (Å²) in [6.07, 6.45) is 3.89. The largest absolute Gasteiger partial charge is 0.337 e. The number of carbonyl (C=O) groups excluding carboxylic acids is 2. The summed E-state index contributed by atoms with van der Waals surface area (Å²) in [4.78, 5) is 29.1. The van der Waals surface area contributed by atoms with Crippen molar-refractivity contribution in [2.24, 2.45) is 0 Å². The topological polar surface area (TPSA) is 58.4 Å².